The summed E-state index contributed by atoms with van der Waals surface area (Å²) in [6.07, 6.45) is 3.22. The largest absolute Gasteiger partial charge is 0.492 e. The average Bonchev–Trinajstić information content (AvgIpc) is 2.31. The third kappa shape index (κ3) is 7.40. The minimum atomic E-state index is -3.32. The second kappa shape index (κ2) is 7.72. The summed E-state index contributed by atoms with van der Waals surface area (Å²) < 4.78 is 27.0. The Kier molecular flexibility index (Phi) is 6.62. The van der Waals surface area contributed by atoms with Gasteiger partial charge in [0.1, 0.15) is 5.75 Å². The fourth-order valence-electron chi connectivity index (χ4n) is 1.66. The fourth-order valence-corrected chi connectivity index (χ4v) is 2.44. The normalized spacial score (nSPS) is 11.5. The molecule has 0 aliphatic carbocycles. The molecular weight excluding hydrogens is 286 g/mol. The molecule has 19 heavy (non-hydrogen) atoms. The van der Waals surface area contributed by atoms with Crippen LogP contribution in [0.15, 0.2) is 18.2 Å². The van der Waals surface area contributed by atoms with E-state index in [0.717, 1.165) is 24.8 Å². The lowest BCUT2D eigenvalue weighted by Gasteiger charge is -2.08. The smallest absolute Gasteiger partial charge is 0.209 e. The van der Waals surface area contributed by atoms with Gasteiger partial charge in [0.05, 0.1) is 17.4 Å². The van der Waals surface area contributed by atoms with E-state index < -0.39 is 10.0 Å². The summed E-state index contributed by atoms with van der Waals surface area (Å²) in [4.78, 5) is 0. The molecule has 0 amide bonds. The lowest BCUT2D eigenvalue weighted by Crippen LogP contribution is -2.16. The van der Waals surface area contributed by atoms with Crippen LogP contribution in [-0.2, 0) is 10.0 Å². The van der Waals surface area contributed by atoms with E-state index in [9.17, 15) is 8.42 Å². The van der Waals surface area contributed by atoms with Crippen LogP contribution in [0.3, 0.4) is 0 Å². The van der Waals surface area contributed by atoms with Crippen LogP contribution in [0.2, 0.25) is 5.02 Å². The molecule has 6 heteroatoms. The molecule has 0 aliphatic rings. The van der Waals surface area contributed by atoms with Crippen molar-refractivity contribution in [3.05, 3.63) is 28.8 Å². The summed E-state index contributed by atoms with van der Waals surface area (Å²) in [7, 11) is -3.32. The van der Waals surface area contributed by atoms with Crippen LogP contribution in [0.25, 0.3) is 0 Å². The topological polar surface area (TPSA) is 69.4 Å². The molecule has 0 unspecified atom stereocenters. The molecule has 0 radical (unpaired) electrons. The molecule has 0 bridgehead atoms. The number of hydrogen-bond acceptors (Lipinski definition) is 3. The molecule has 0 heterocycles. The van der Waals surface area contributed by atoms with E-state index >= 15 is 0 Å². The van der Waals surface area contributed by atoms with Crippen LogP contribution in [0, 0.1) is 6.92 Å². The van der Waals surface area contributed by atoms with E-state index in [4.69, 9.17) is 21.5 Å². The fraction of sp³-hybridized carbons (Fsp3) is 0.538. The molecule has 0 saturated heterocycles. The first-order valence-corrected chi connectivity index (χ1v) is 8.37. The Balaban J connectivity index is 2.16. The number of sulfonamides is 1. The van der Waals surface area contributed by atoms with Crippen LogP contribution in [-0.4, -0.2) is 20.8 Å². The molecule has 0 aliphatic heterocycles. The van der Waals surface area contributed by atoms with Gasteiger partial charge in [-0.3, -0.25) is 0 Å². The highest BCUT2D eigenvalue weighted by Gasteiger charge is 2.03. The third-order valence-electron chi connectivity index (χ3n) is 2.67. The standard InChI is InChI=1S/C13H20ClNO3S/c1-11-6-7-12(14)13(10-11)18-8-4-2-3-5-9-19(15,16)17/h6-7,10H,2-5,8-9H2,1H3,(H2,15,16,17). The summed E-state index contributed by atoms with van der Waals surface area (Å²) in [6, 6.07) is 5.66. The zero-order chi connectivity index (χ0) is 14.3. The van der Waals surface area contributed by atoms with Gasteiger partial charge in [-0.05, 0) is 37.5 Å². The second-order valence-electron chi connectivity index (χ2n) is 4.56. The number of unbranched alkanes of at least 4 members (excludes halogenated alkanes) is 3. The minimum absolute atomic E-state index is 0.0531. The van der Waals surface area contributed by atoms with Crippen molar-refractivity contribution in [1.82, 2.24) is 0 Å². The molecule has 1 aromatic carbocycles. The SMILES string of the molecule is Cc1ccc(Cl)c(OCCCCCCS(N)(=O)=O)c1. The molecule has 4 nitrogen and oxygen atoms in total. The van der Waals surface area contributed by atoms with Crippen LogP contribution in [0.5, 0.6) is 5.75 Å². The Bertz CT molecular complexity index is 503. The first-order chi connectivity index (χ1) is 8.88. The highest BCUT2D eigenvalue weighted by molar-refractivity contribution is 7.89. The third-order valence-corrected chi connectivity index (χ3v) is 3.84. The number of nitrogens with two attached hydrogens (primary N) is 1. The van der Waals surface area contributed by atoms with Gasteiger partial charge in [0, 0.05) is 0 Å². The molecule has 1 aromatic rings. The van der Waals surface area contributed by atoms with Gasteiger partial charge in [-0.2, -0.15) is 0 Å². The van der Waals surface area contributed by atoms with Crippen LogP contribution >= 0.6 is 11.6 Å². The molecule has 0 fully saturated rings. The molecule has 0 aromatic heterocycles. The predicted molar refractivity (Wildman–Crippen MR) is 78.1 cm³/mol. The number of ether oxygens (including phenoxy) is 1. The highest BCUT2D eigenvalue weighted by atomic mass is 35.5. The molecule has 108 valence electrons. The predicted octanol–water partition coefficient (Wildman–Crippen LogP) is 2.88. The zero-order valence-corrected chi connectivity index (χ0v) is 12.6. The summed E-state index contributed by atoms with van der Waals surface area (Å²) in [5, 5.41) is 5.53. The summed E-state index contributed by atoms with van der Waals surface area (Å²) in [5.74, 6) is 0.753. The zero-order valence-electron chi connectivity index (χ0n) is 11.1. The van der Waals surface area contributed by atoms with Crippen LogP contribution < -0.4 is 9.88 Å². The number of halogens is 1. The first kappa shape index (κ1) is 16.3. The van der Waals surface area contributed by atoms with Gasteiger partial charge in [0.15, 0.2) is 0 Å². The Labute approximate surface area is 120 Å². The Morgan fingerprint density at radius 1 is 1.21 bits per heavy atom. The van der Waals surface area contributed by atoms with Crippen molar-refractivity contribution in [3.8, 4) is 5.75 Å². The maximum atomic E-state index is 10.7. The van der Waals surface area contributed by atoms with Crippen molar-refractivity contribution in [2.45, 2.75) is 32.6 Å². The van der Waals surface area contributed by atoms with Crippen LogP contribution in [0.4, 0.5) is 0 Å². The van der Waals surface area contributed by atoms with E-state index in [1.54, 1.807) is 0 Å². The van der Waals surface area contributed by atoms with Gasteiger partial charge in [0.25, 0.3) is 0 Å². The lowest BCUT2D eigenvalue weighted by molar-refractivity contribution is 0.305. The van der Waals surface area contributed by atoms with Gasteiger partial charge in [-0.15, -0.1) is 0 Å². The molecule has 0 saturated carbocycles. The maximum absolute atomic E-state index is 10.7. The molecule has 0 spiro atoms. The van der Waals surface area contributed by atoms with E-state index in [0.29, 0.717) is 23.8 Å². The monoisotopic (exact) mass is 305 g/mol. The van der Waals surface area contributed by atoms with Crippen molar-refractivity contribution in [2.75, 3.05) is 12.4 Å². The average molecular weight is 306 g/mol. The van der Waals surface area contributed by atoms with Crippen molar-refractivity contribution < 1.29 is 13.2 Å². The Hall–Kier alpha value is -0.780. The molecule has 2 N–H and O–H groups in total. The van der Waals surface area contributed by atoms with Crippen molar-refractivity contribution >= 4 is 21.6 Å². The number of primary sulfonamides is 1. The highest BCUT2D eigenvalue weighted by Crippen LogP contribution is 2.25. The maximum Gasteiger partial charge on any atom is 0.209 e. The van der Waals surface area contributed by atoms with Gasteiger partial charge in [-0.1, -0.05) is 30.5 Å². The van der Waals surface area contributed by atoms with Crippen molar-refractivity contribution in [1.29, 1.82) is 0 Å². The van der Waals surface area contributed by atoms with E-state index in [2.05, 4.69) is 0 Å². The van der Waals surface area contributed by atoms with Crippen molar-refractivity contribution in [2.24, 2.45) is 5.14 Å². The van der Waals surface area contributed by atoms with E-state index in [-0.39, 0.29) is 5.75 Å². The Morgan fingerprint density at radius 3 is 2.58 bits per heavy atom. The van der Waals surface area contributed by atoms with Gasteiger partial charge < -0.3 is 4.74 Å². The lowest BCUT2D eigenvalue weighted by atomic mass is 10.2. The van der Waals surface area contributed by atoms with Crippen molar-refractivity contribution in [3.63, 3.8) is 0 Å². The quantitative estimate of drug-likeness (QED) is 0.751. The summed E-state index contributed by atoms with van der Waals surface area (Å²) in [6.45, 7) is 2.56. The molecule has 1 rings (SSSR count). The first-order valence-electron chi connectivity index (χ1n) is 6.28. The molecular formula is C13H20ClNO3S. The van der Waals surface area contributed by atoms with Gasteiger partial charge in [0.2, 0.25) is 10.0 Å². The molecule has 0 atom stereocenters. The van der Waals surface area contributed by atoms with Gasteiger partial charge >= 0.3 is 0 Å². The summed E-state index contributed by atoms with van der Waals surface area (Å²) in [5.41, 5.74) is 1.10. The summed E-state index contributed by atoms with van der Waals surface area (Å²) >= 11 is 6.00. The number of aryl methyl sites for hydroxylation is 1. The Morgan fingerprint density at radius 2 is 1.89 bits per heavy atom. The van der Waals surface area contributed by atoms with E-state index in [1.807, 2.05) is 25.1 Å². The van der Waals surface area contributed by atoms with Crippen LogP contribution in [0.1, 0.15) is 31.2 Å². The van der Waals surface area contributed by atoms with E-state index in [1.165, 1.54) is 0 Å². The minimum Gasteiger partial charge on any atom is -0.492 e. The number of rotatable bonds is 8. The second-order valence-corrected chi connectivity index (χ2v) is 6.70. The number of benzene rings is 1. The van der Waals surface area contributed by atoms with Gasteiger partial charge in [-0.25, -0.2) is 13.6 Å². The number of hydrogen-bond donors (Lipinski definition) is 1.